The van der Waals surface area contributed by atoms with Gasteiger partial charge in [0.25, 0.3) is 0 Å². The highest BCUT2D eigenvalue weighted by atomic mass is 16.2. The monoisotopic (exact) mass is 226 g/mol. The molecule has 1 unspecified atom stereocenters. The van der Waals surface area contributed by atoms with E-state index in [0.29, 0.717) is 5.91 Å². The Bertz CT molecular complexity index is 212. The zero-order valence-electron chi connectivity index (χ0n) is 11.0. The van der Waals surface area contributed by atoms with Gasteiger partial charge in [0.15, 0.2) is 0 Å². The van der Waals surface area contributed by atoms with Crippen LogP contribution in [0, 0.1) is 11.8 Å². The third-order valence-corrected chi connectivity index (χ3v) is 3.66. The van der Waals surface area contributed by atoms with E-state index in [1.807, 2.05) is 19.0 Å². The fraction of sp³-hybridized carbons (Fsp3) is 0.923. The second kappa shape index (κ2) is 6.89. The Morgan fingerprint density at radius 1 is 1.44 bits per heavy atom. The van der Waals surface area contributed by atoms with E-state index >= 15 is 0 Å². The first kappa shape index (κ1) is 13.5. The number of carbonyl (C=O) groups excluding carboxylic acids is 1. The number of rotatable bonds is 6. The standard InChI is InChI=1S/C13H26N2O/c1-11(10-12-6-4-5-7-12)13(16)15(3)9-8-14-2/h11-12,14H,4-10H2,1-3H3. The molecule has 1 saturated carbocycles. The van der Waals surface area contributed by atoms with Crippen molar-refractivity contribution in [1.29, 1.82) is 0 Å². The fourth-order valence-corrected chi connectivity index (χ4v) is 2.61. The molecule has 0 aromatic carbocycles. The molecule has 0 spiro atoms. The lowest BCUT2D eigenvalue weighted by Crippen LogP contribution is -2.36. The van der Waals surface area contributed by atoms with Gasteiger partial charge in [0.1, 0.15) is 0 Å². The number of nitrogens with one attached hydrogen (secondary N) is 1. The zero-order chi connectivity index (χ0) is 12.0. The Kier molecular flexibility index (Phi) is 5.81. The molecule has 1 amide bonds. The van der Waals surface area contributed by atoms with Crippen molar-refractivity contribution in [2.45, 2.75) is 39.0 Å². The van der Waals surface area contributed by atoms with Crippen LogP contribution in [-0.2, 0) is 4.79 Å². The second-order valence-electron chi connectivity index (χ2n) is 5.15. The molecule has 0 aromatic rings. The molecule has 1 aliphatic carbocycles. The normalized spacial score (nSPS) is 18.7. The summed E-state index contributed by atoms with van der Waals surface area (Å²) in [5, 5.41) is 3.07. The molecular formula is C13H26N2O. The summed E-state index contributed by atoms with van der Waals surface area (Å²) in [4.78, 5) is 13.9. The van der Waals surface area contributed by atoms with Crippen molar-refractivity contribution in [3.8, 4) is 0 Å². The van der Waals surface area contributed by atoms with Gasteiger partial charge in [-0.3, -0.25) is 4.79 Å². The topological polar surface area (TPSA) is 32.3 Å². The van der Waals surface area contributed by atoms with Crippen LogP contribution < -0.4 is 5.32 Å². The highest BCUT2D eigenvalue weighted by Gasteiger charge is 2.23. The second-order valence-corrected chi connectivity index (χ2v) is 5.15. The minimum atomic E-state index is 0.199. The maximum absolute atomic E-state index is 12.0. The van der Waals surface area contributed by atoms with E-state index in [2.05, 4.69) is 12.2 Å². The summed E-state index contributed by atoms with van der Waals surface area (Å²) in [5.74, 6) is 1.31. The van der Waals surface area contributed by atoms with E-state index in [9.17, 15) is 4.79 Å². The number of carbonyl (C=O) groups is 1. The highest BCUT2D eigenvalue weighted by Crippen LogP contribution is 2.30. The first-order valence-corrected chi connectivity index (χ1v) is 6.54. The number of hydrogen-bond acceptors (Lipinski definition) is 2. The van der Waals surface area contributed by atoms with Gasteiger partial charge in [0, 0.05) is 26.1 Å². The third-order valence-electron chi connectivity index (χ3n) is 3.66. The molecule has 0 aliphatic heterocycles. The van der Waals surface area contributed by atoms with Gasteiger partial charge >= 0.3 is 0 Å². The molecule has 0 radical (unpaired) electrons. The van der Waals surface area contributed by atoms with Gasteiger partial charge in [-0.15, -0.1) is 0 Å². The molecular weight excluding hydrogens is 200 g/mol. The molecule has 94 valence electrons. The van der Waals surface area contributed by atoms with Crippen molar-refractivity contribution >= 4 is 5.91 Å². The van der Waals surface area contributed by atoms with Gasteiger partial charge in [0.2, 0.25) is 5.91 Å². The lowest BCUT2D eigenvalue weighted by atomic mass is 9.93. The maximum atomic E-state index is 12.0. The van der Waals surface area contributed by atoms with Crippen LogP contribution in [0.3, 0.4) is 0 Å². The summed E-state index contributed by atoms with van der Waals surface area (Å²) in [7, 11) is 3.82. The van der Waals surface area contributed by atoms with Crippen LogP contribution in [-0.4, -0.2) is 38.0 Å². The van der Waals surface area contributed by atoms with Gasteiger partial charge in [-0.05, 0) is 19.4 Å². The predicted molar refractivity (Wildman–Crippen MR) is 67.3 cm³/mol. The Morgan fingerprint density at radius 2 is 2.06 bits per heavy atom. The Labute approximate surface area is 99.6 Å². The van der Waals surface area contributed by atoms with Crippen LogP contribution in [0.15, 0.2) is 0 Å². The van der Waals surface area contributed by atoms with E-state index in [-0.39, 0.29) is 5.92 Å². The van der Waals surface area contributed by atoms with E-state index in [1.165, 1.54) is 25.7 Å². The average molecular weight is 226 g/mol. The van der Waals surface area contributed by atoms with Crippen molar-refractivity contribution in [2.24, 2.45) is 11.8 Å². The largest absolute Gasteiger partial charge is 0.344 e. The van der Waals surface area contributed by atoms with Gasteiger partial charge in [-0.25, -0.2) is 0 Å². The highest BCUT2D eigenvalue weighted by molar-refractivity contribution is 5.78. The molecule has 1 rings (SSSR count). The van der Waals surface area contributed by atoms with Gasteiger partial charge < -0.3 is 10.2 Å². The summed E-state index contributed by atoms with van der Waals surface area (Å²) in [6.07, 6.45) is 6.47. The summed E-state index contributed by atoms with van der Waals surface area (Å²) in [6, 6.07) is 0. The molecule has 0 bridgehead atoms. The molecule has 3 heteroatoms. The Balaban J connectivity index is 2.28. The SMILES string of the molecule is CNCCN(C)C(=O)C(C)CC1CCCC1. The van der Waals surface area contributed by atoms with E-state index < -0.39 is 0 Å². The van der Waals surface area contributed by atoms with Crippen LogP contribution in [0.2, 0.25) is 0 Å². The molecule has 0 aromatic heterocycles. The molecule has 3 nitrogen and oxygen atoms in total. The van der Waals surface area contributed by atoms with Crippen LogP contribution in [0.1, 0.15) is 39.0 Å². The number of nitrogens with zero attached hydrogens (tertiary/aromatic N) is 1. The fourth-order valence-electron chi connectivity index (χ4n) is 2.61. The maximum Gasteiger partial charge on any atom is 0.225 e. The smallest absolute Gasteiger partial charge is 0.225 e. The quantitative estimate of drug-likeness (QED) is 0.750. The molecule has 1 atom stereocenters. The minimum absolute atomic E-state index is 0.199. The van der Waals surface area contributed by atoms with Crippen molar-refractivity contribution in [1.82, 2.24) is 10.2 Å². The number of amides is 1. The minimum Gasteiger partial charge on any atom is -0.344 e. The van der Waals surface area contributed by atoms with Crippen LogP contribution in [0.4, 0.5) is 0 Å². The van der Waals surface area contributed by atoms with Crippen LogP contribution in [0.25, 0.3) is 0 Å². The number of likely N-dealkylation sites (N-methyl/N-ethyl adjacent to an activating group) is 2. The summed E-state index contributed by atoms with van der Waals surface area (Å²) in [5.41, 5.74) is 0. The summed E-state index contributed by atoms with van der Waals surface area (Å²) < 4.78 is 0. The Morgan fingerprint density at radius 3 is 2.62 bits per heavy atom. The van der Waals surface area contributed by atoms with E-state index in [0.717, 1.165) is 25.4 Å². The predicted octanol–water partition coefficient (Wildman–Crippen LogP) is 1.88. The molecule has 16 heavy (non-hydrogen) atoms. The molecule has 1 fully saturated rings. The van der Waals surface area contributed by atoms with Crippen LogP contribution in [0.5, 0.6) is 0 Å². The van der Waals surface area contributed by atoms with E-state index in [1.54, 1.807) is 0 Å². The molecule has 0 heterocycles. The lowest BCUT2D eigenvalue weighted by Gasteiger charge is -2.23. The molecule has 1 aliphatic rings. The molecule has 1 N–H and O–H groups in total. The molecule has 0 saturated heterocycles. The lowest BCUT2D eigenvalue weighted by molar-refractivity contribution is -0.134. The van der Waals surface area contributed by atoms with Crippen LogP contribution >= 0.6 is 0 Å². The van der Waals surface area contributed by atoms with Crippen molar-refractivity contribution < 1.29 is 4.79 Å². The summed E-state index contributed by atoms with van der Waals surface area (Å²) in [6.45, 7) is 3.76. The van der Waals surface area contributed by atoms with Crippen molar-refractivity contribution in [3.63, 3.8) is 0 Å². The first-order chi connectivity index (χ1) is 7.65. The zero-order valence-corrected chi connectivity index (χ0v) is 11.0. The van der Waals surface area contributed by atoms with Crippen molar-refractivity contribution in [2.75, 3.05) is 27.2 Å². The van der Waals surface area contributed by atoms with Gasteiger partial charge in [-0.1, -0.05) is 32.6 Å². The van der Waals surface area contributed by atoms with Gasteiger partial charge in [0.05, 0.1) is 0 Å². The van der Waals surface area contributed by atoms with E-state index in [4.69, 9.17) is 0 Å². The Hall–Kier alpha value is -0.570. The van der Waals surface area contributed by atoms with Crippen molar-refractivity contribution in [3.05, 3.63) is 0 Å². The average Bonchev–Trinajstić information content (AvgIpc) is 2.77. The number of hydrogen-bond donors (Lipinski definition) is 1. The summed E-state index contributed by atoms with van der Waals surface area (Å²) >= 11 is 0. The van der Waals surface area contributed by atoms with Gasteiger partial charge in [-0.2, -0.15) is 0 Å². The third kappa shape index (κ3) is 4.12. The first-order valence-electron chi connectivity index (χ1n) is 6.54.